The zero-order chi connectivity index (χ0) is 10.8. The monoisotopic (exact) mass is 223 g/mol. The van der Waals surface area contributed by atoms with Crippen molar-refractivity contribution in [2.75, 3.05) is 18.1 Å². The number of amides is 2. The van der Waals surface area contributed by atoms with Gasteiger partial charge in [0.05, 0.1) is 10.6 Å². The normalized spacial score (nSPS) is 14.1. The number of hydrogen-bond acceptors (Lipinski definition) is 4. The Kier molecular flexibility index (Phi) is 2.59. The lowest BCUT2D eigenvalue weighted by molar-refractivity contribution is -0.113. The van der Waals surface area contributed by atoms with E-state index in [-0.39, 0.29) is 11.8 Å². The molecule has 2 N–H and O–H groups in total. The minimum atomic E-state index is -0.261. The third-order valence-corrected chi connectivity index (χ3v) is 2.98. The summed E-state index contributed by atoms with van der Waals surface area (Å²) in [6.45, 7) is 0. The molecule has 0 unspecified atom stereocenters. The Labute approximate surface area is 90.7 Å². The average molecular weight is 223 g/mol. The molecule has 0 saturated heterocycles. The van der Waals surface area contributed by atoms with E-state index in [1.165, 1.54) is 18.8 Å². The van der Waals surface area contributed by atoms with Gasteiger partial charge in [0.2, 0.25) is 5.91 Å². The van der Waals surface area contributed by atoms with Crippen molar-refractivity contribution in [2.45, 2.75) is 4.90 Å². The van der Waals surface area contributed by atoms with Crippen molar-refractivity contribution in [1.29, 1.82) is 0 Å². The average Bonchev–Trinajstić information content (AvgIpc) is 2.27. The highest BCUT2D eigenvalue weighted by molar-refractivity contribution is 8.00. The molecule has 2 rings (SSSR count). The van der Waals surface area contributed by atoms with Gasteiger partial charge in [-0.05, 0) is 12.1 Å². The third kappa shape index (κ3) is 1.94. The molecule has 2 amide bonds. The Hall–Kier alpha value is -1.56. The first-order valence-corrected chi connectivity index (χ1v) is 5.35. The summed E-state index contributed by atoms with van der Waals surface area (Å²) in [5.74, 6) is 0.516. The maximum absolute atomic E-state index is 11.3. The molecule has 0 fully saturated rings. The van der Waals surface area contributed by atoms with Gasteiger partial charge in [0.15, 0.2) is 0 Å². The smallest absolute Gasteiger partial charge is 0.269 e. The Morgan fingerprint density at radius 1 is 1.60 bits per heavy atom. The van der Waals surface area contributed by atoms with Crippen LogP contribution >= 0.6 is 11.8 Å². The van der Waals surface area contributed by atoms with Crippen LogP contribution in [-0.4, -0.2) is 29.6 Å². The highest BCUT2D eigenvalue weighted by atomic mass is 32.2. The van der Waals surface area contributed by atoms with Gasteiger partial charge in [-0.25, -0.2) is 4.98 Å². The van der Waals surface area contributed by atoms with E-state index in [0.29, 0.717) is 17.3 Å². The van der Waals surface area contributed by atoms with Crippen molar-refractivity contribution in [1.82, 2.24) is 10.3 Å². The van der Waals surface area contributed by atoms with Gasteiger partial charge in [-0.2, -0.15) is 0 Å². The minimum Gasteiger partial charge on any atom is -0.354 e. The molecule has 0 aliphatic carbocycles. The Morgan fingerprint density at radius 2 is 2.40 bits per heavy atom. The van der Waals surface area contributed by atoms with Crippen LogP contribution in [0.5, 0.6) is 0 Å². The number of rotatable bonds is 1. The minimum absolute atomic E-state index is 0.0888. The summed E-state index contributed by atoms with van der Waals surface area (Å²) in [7, 11) is 1.54. The van der Waals surface area contributed by atoms with Gasteiger partial charge in [0.1, 0.15) is 11.5 Å². The summed E-state index contributed by atoms with van der Waals surface area (Å²) < 4.78 is 0. The highest BCUT2D eigenvalue weighted by Crippen LogP contribution is 2.29. The van der Waals surface area contributed by atoms with E-state index in [2.05, 4.69) is 15.6 Å². The molecule has 0 radical (unpaired) electrons. The van der Waals surface area contributed by atoms with Crippen molar-refractivity contribution in [2.24, 2.45) is 0 Å². The van der Waals surface area contributed by atoms with Gasteiger partial charge in [0.25, 0.3) is 5.91 Å². The summed E-state index contributed by atoms with van der Waals surface area (Å²) in [5.41, 5.74) is 0.305. The molecule has 1 aromatic rings. The number of carbonyl (C=O) groups is 2. The molecule has 0 aromatic carbocycles. The van der Waals surface area contributed by atoms with Crippen LogP contribution in [0.3, 0.4) is 0 Å². The molecule has 0 atom stereocenters. The van der Waals surface area contributed by atoms with Crippen molar-refractivity contribution in [3.8, 4) is 0 Å². The summed E-state index contributed by atoms with van der Waals surface area (Å²) in [4.78, 5) is 27.4. The van der Waals surface area contributed by atoms with Crippen molar-refractivity contribution >= 4 is 29.4 Å². The van der Waals surface area contributed by atoms with Crippen LogP contribution in [0, 0.1) is 0 Å². The second kappa shape index (κ2) is 3.90. The van der Waals surface area contributed by atoms with Crippen molar-refractivity contribution in [3.63, 3.8) is 0 Å². The summed E-state index contributed by atoms with van der Waals surface area (Å²) in [6, 6.07) is 3.43. The number of nitrogens with zero attached hydrogens (tertiary/aromatic N) is 1. The number of hydrogen-bond donors (Lipinski definition) is 2. The van der Waals surface area contributed by atoms with Crippen molar-refractivity contribution in [3.05, 3.63) is 17.8 Å². The highest BCUT2D eigenvalue weighted by Gasteiger charge is 2.18. The van der Waals surface area contributed by atoms with Crippen molar-refractivity contribution < 1.29 is 9.59 Å². The molecule has 0 bridgehead atoms. The summed E-state index contributed by atoms with van der Waals surface area (Å²) in [6.07, 6.45) is 0. The Morgan fingerprint density at radius 3 is 3.13 bits per heavy atom. The van der Waals surface area contributed by atoms with Gasteiger partial charge in [-0.1, -0.05) is 0 Å². The van der Waals surface area contributed by atoms with E-state index in [4.69, 9.17) is 0 Å². The number of anilines is 1. The van der Waals surface area contributed by atoms with Gasteiger partial charge in [-0.3, -0.25) is 9.59 Å². The topological polar surface area (TPSA) is 71.1 Å². The standard InChI is InChI=1S/C9H9N3O2S/c1-10-9(14)5-2-3-6-8(11-5)12-7(13)4-15-6/h2-3H,4H2,1H3,(H,10,14)(H,11,12,13). The first kappa shape index (κ1) is 9.97. The number of pyridine rings is 1. The first-order valence-electron chi connectivity index (χ1n) is 4.36. The number of thioether (sulfide) groups is 1. The largest absolute Gasteiger partial charge is 0.354 e. The third-order valence-electron chi connectivity index (χ3n) is 1.93. The van der Waals surface area contributed by atoms with Crippen LogP contribution in [0.15, 0.2) is 17.0 Å². The maximum atomic E-state index is 11.3. The molecule has 78 valence electrons. The van der Waals surface area contributed by atoms with E-state index < -0.39 is 0 Å². The van der Waals surface area contributed by atoms with E-state index in [9.17, 15) is 9.59 Å². The van der Waals surface area contributed by atoms with E-state index in [1.54, 1.807) is 12.1 Å². The van der Waals surface area contributed by atoms with Crippen LogP contribution < -0.4 is 10.6 Å². The Balaban J connectivity index is 2.36. The second-order valence-electron chi connectivity index (χ2n) is 2.96. The molecule has 0 saturated carbocycles. The zero-order valence-electron chi connectivity index (χ0n) is 8.03. The molecular formula is C9H9N3O2S. The van der Waals surface area contributed by atoms with Gasteiger partial charge < -0.3 is 10.6 Å². The van der Waals surface area contributed by atoms with Gasteiger partial charge >= 0.3 is 0 Å². The number of aromatic nitrogens is 1. The molecule has 1 aliphatic rings. The van der Waals surface area contributed by atoms with E-state index in [1.807, 2.05) is 0 Å². The fourth-order valence-electron chi connectivity index (χ4n) is 1.22. The number of nitrogens with one attached hydrogen (secondary N) is 2. The van der Waals surface area contributed by atoms with Crippen LogP contribution in [-0.2, 0) is 4.79 Å². The maximum Gasteiger partial charge on any atom is 0.269 e. The molecule has 0 spiro atoms. The molecule has 6 heteroatoms. The fourth-order valence-corrected chi connectivity index (χ4v) is 1.97. The second-order valence-corrected chi connectivity index (χ2v) is 3.98. The predicted octanol–water partition coefficient (Wildman–Crippen LogP) is 0.485. The van der Waals surface area contributed by atoms with E-state index >= 15 is 0 Å². The van der Waals surface area contributed by atoms with Gasteiger partial charge in [0, 0.05) is 7.05 Å². The van der Waals surface area contributed by atoms with Crippen LogP contribution in [0.25, 0.3) is 0 Å². The lowest BCUT2D eigenvalue weighted by Gasteiger charge is -2.15. The van der Waals surface area contributed by atoms with Crippen LogP contribution in [0.4, 0.5) is 5.82 Å². The quantitative estimate of drug-likeness (QED) is 0.726. The fraction of sp³-hybridized carbons (Fsp3) is 0.222. The number of fused-ring (bicyclic) bond motifs is 1. The SMILES string of the molecule is CNC(=O)c1ccc2c(n1)NC(=O)CS2. The predicted molar refractivity (Wildman–Crippen MR) is 57.0 cm³/mol. The molecule has 2 heterocycles. The molecule has 15 heavy (non-hydrogen) atoms. The van der Waals surface area contributed by atoms with E-state index in [0.717, 1.165) is 4.90 Å². The molecular weight excluding hydrogens is 214 g/mol. The van der Waals surface area contributed by atoms with Gasteiger partial charge in [-0.15, -0.1) is 11.8 Å². The van der Waals surface area contributed by atoms with Crippen LogP contribution in [0.1, 0.15) is 10.5 Å². The first-order chi connectivity index (χ1) is 7.20. The summed E-state index contributed by atoms with van der Waals surface area (Å²) >= 11 is 1.42. The lowest BCUT2D eigenvalue weighted by atomic mass is 10.3. The number of carbonyl (C=O) groups excluding carboxylic acids is 2. The molecule has 1 aliphatic heterocycles. The Bertz CT molecular complexity index is 433. The molecule has 5 nitrogen and oxygen atoms in total. The van der Waals surface area contributed by atoms with Crippen LogP contribution in [0.2, 0.25) is 0 Å². The summed E-state index contributed by atoms with van der Waals surface area (Å²) in [5, 5.41) is 5.11. The zero-order valence-corrected chi connectivity index (χ0v) is 8.85. The molecule has 1 aromatic heterocycles. The lowest BCUT2D eigenvalue weighted by Crippen LogP contribution is -2.23.